The Morgan fingerprint density at radius 1 is 1.35 bits per heavy atom. The Bertz CT molecular complexity index is 758. The highest BCUT2D eigenvalue weighted by molar-refractivity contribution is 9.10. The first-order valence-corrected chi connectivity index (χ1v) is 8.04. The van der Waals surface area contributed by atoms with E-state index in [1.807, 2.05) is 0 Å². The first-order valence-electron chi connectivity index (χ1n) is 5.77. The minimum atomic E-state index is -3.95. The number of nitrogens with zero attached hydrogens (tertiary/aromatic N) is 2. The van der Waals surface area contributed by atoms with Crippen LogP contribution in [0.4, 0.5) is 10.4 Å². The summed E-state index contributed by atoms with van der Waals surface area (Å²) in [5.41, 5.74) is 0. The highest BCUT2D eigenvalue weighted by Gasteiger charge is 2.30. The van der Waals surface area contributed by atoms with Crippen molar-refractivity contribution < 1.29 is 17.2 Å². The molecule has 0 amide bonds. The Labute approximate surface area is 122 Å². The van der Waals surface area contributed by atoms with Gasteiger partial charge in [0.2, 0.25) is 5.89 Å². The van der Waals surface area contributed by atoms with Crippen LogP contribution in [0, 0.1) is 5.82 Å². The van der Waals surface area contributed by atoms with Crippen LogP contribution in [0.5, 0.6) is 0 Å². The molecule has 1 heterocycles. The van der Waals surface area contributed by atoms with Gasteiger partial charge in [0.15, 0.2) is 0 Å². The van der Waals surface area contributed by atoms with Gasteiger partial charge in [0, 0.05) is 5.92 Å². The largest absolute Gasteiger partial charge is 0.407 e. The molecule has 0 radical (unpaired) electrons. The van der Waals surface area contributed by atoms with E-state index < -0.39 is 15.8 Å². The van der Waals surface area contributed by atoms with Crippen LogP contribution in [0.15, 0.2) is 32.0 Å². The summed E-state index contributed by atoms with van der Waals surface area (Å²) in [6.45, 7) is 0. The number of anilines is 1. The molecule has 1 saturated carbocycles. The molecule has 20 heavy (non-hydrogen) atoms. The zero-order valence-corrected chi connectivity index (χ0v) is 12.4. The fraction of sp³-hybridized carbons (Fsp3) is 0.273. The van der Waals surface area contributed by atoms with E-state index in [-0.39, 0.29) is 21.3 Å². The van der Waals surface area contributed by atoms with E-state index in [1.165, 1.54) is 12.1 Å². The second kappa shape index (κ2) is 4.81. The summed E-state index contributed by atoms with van der Waals surface area (Å²) >= 11 is 2.96. The number of benzene rings is 1. The molecule has 0 unspecified atom stereocenters. The summed E-state index contributed by atoms with van der Waals surface area (Å²) in [5.74, 6) is -0.0207. The van der Waals surface area contributed by atoms with Crippen LogP contribution in [0.1, 0.15) is 24.7 Å². The van der Waals surface area contributed by atoms with Gasteiger partial charge in [0.1, 0.15) is 5.82 Å². The molecule has 6 nitrogen and oxygen atoms in total. The number of hydrogen-bond acceptors (Lipinski definition) is 5. The Morgan fingerprint density at radius 2 is 2.10 bits per heavy atom. The molecular formula is C11H9BrFN3O3S. The molecule has 0 saturated heterocycles. The Morgan fingerprint density at radius 3 is 2.75 bits per heavy atom. The topological polar surface area (TPSA) is 85.1 Å². The maximum Gasteiger partial charge on any atom is 0.329 e. The molecule has 106 valence electrons. The lowest BCUT2D eigenvalue weighted by atomic mass is 10.3. The van der Waals surface area contributed by atoms with Crippen LogP contribution in [-0.2, 0) is 10.0 Å². The Balaban J connectivity index is 1.84. The van der Waals surface area contributed by atoms with Crippen molar-refractivity contribution in [2.24, 2.45) is 0 Å². The number of rotatable bonds is 4. The molecule has 1 aliphatic rings. The molecule has 2 aromatic rings. The lowest BCUT2D eigenvalue weighted by molar-refractivity contribution is 0.510. The summed E-state index contributed by atoms with van der Waals surface area (Å²) < 4.78 is 45.0. The molecule has 9 heteroatoms. The minimum Gasteiger partial charge on any atom is -0.407 e. The average molecular weight is 362 g/mol. The standard InChI is InChI=1S/C11H9BrFN3O3S/c12-8-4-3-7(5-9(8)13)20(17,18)16-11-15-14-10(19-11)6-1-2-6/h3-6H,1-2H2,(H,15,16). The van der Waals surface area contributed by atoms with E-state index >= 15 is 0 Å². The van der Waals surface area contributed by atoms with Gasteiger partial charge in [0.05, 0.1) is 9.37 Å². The van der Waals surface area contributed by atoms with Crippen molar-refractivity contribution in [2.45, 2.75) is 23.7 Å². The zero-order valence-electron chi connectivity index (χ0n) is 10.0. The van der Waals surface area contributed by atoms with Gasteiger partial charge in [-0.05, 0) is 47.0 Å². The van der Waals surface area contributed by atoms with E-state index in [0.717, 1.165) is 18.9 Å². The highest BCUT2D eigenvalue weighted by atomic mass is 79.9. The van der Waals surface area contributed by atoms with Gasteiger partial charge in [-0.3, -0.25) is 0 Å². The third kappa shape index (κ3) is 2.68. The van der Waals surface area contributed by atoms with Crippen molar-refractivity contribution in [3.8, 4) is 0 Å². The fourth-order valence-corrected chi connectivity index (χ4v) is 2.77. The van der Waals surface area contributed by atoms with E-state index in [9.17, 15) is 12.8 Å². The molecule has 0 atom stereocenters. The molecule has 0 bridgehead atoms. The summed E-state index contributed by atoms with van der Waals surface area (Å²) in [6.07, 6.45) is 1.93. The summed E-state index contributed by atoms with van der Waals surface area (Å²) in [6, 6.07) is 3.28. The van der Waals surface area contributed by atoms with Crippen molar-refractivity contribution in [2.75, 3.05) is 4.72 Å². The lowest BCUT2D eigenvalue weighted by Crippen LogP contribution is -2.13. The number of halogens is 2. The number of aromatic nitrogens is 2. The predicted molar refractivity (Wildman–Crippen MR) is 71.2 cm³/mol. The van der Waals surface area contributed by atoms with Crippen molar-refractivity contribution >= 4 is 32.0 Å². The van der Waals surface area contributed by atoms with Gasteiger partial charge in [-0.1, -0.05) is 5.10 Å². The third-order valence-corrected chi connectivity index (χ3v) is 4.75. The van der Waals surface area contributed by atoms with Crippen LogP contribution >= 0.6 is 15.9 Å². The molecule has 3 rings (SSSR count). The predicted octanol–water partition coefficient (Wildman–Crippen LogP) is 2.65. The number of sulfonamides is 1. The molecule has 1 fully saturated rings. The molecule has 0 spiro atoms. The molecule has 1 N–H and O–H groups in total. The smallest absolute Gasteiger partial charge is 0.329 e. The summed E-state index contributed by atoms with van der Waals surface area (Å²) in [5, 5.41) is 7.38. The average Bonchev–Trinajstić information content (AvgIpc) is 3.14. The monoisotopic (exact) mass is 361 g/mol. The molecule has 1 aromatic carbocycles. The van der Waals surface area contributed by atoms with E-state index in [4.69, 9.17) is 4.42 Å². The SMILES string of the molecule is O=S(=O)(Nc1nnc(C2CC2)o1)c1ccc(Br)c(F)c1. The normalized spacial score (nSPS) is 15.3. The van der Waals surface area contributed by atoms with Crippen molar-refractivity contribution in [3.05, 3.63) is 34.4 Å². The maximum absolute atomic E-state index is 13.4. The minimum absolute atomic E-state index is 0.185. The third-order valence-electron chi connectivity index (χ3n) is 2.79. The van der Waals surface area contributed by atoms with Crippen LogP contribution in [0.2, 0.25) is 0 Å². The second-order valence-corrected chi connectivity index (χ2v) is 6.94. The Kier molecular flexibility index (Phi) is 3.25. The van der Waals surface area contributed by atoms with Crippen LogP contribution in [0.25, 0.3) is 0 Å². The first kappa shape index (κ1) is 13.5. The zero-order chi connectivity index (χ0) is 14.3. The summed E-state index contributed by atoms with van der Waals surface area (Å²) in [4.78, 5) is -0.218. The first-order chi connectivity index (χ1) is 9.45. The number of nitrogens with one attached hydrogen (secondary N) is 1. The second-order valence-electron chi connectivity index (χ2n) is 4.40. The Hall–Kier alpha value is -1.48. The van der Waals surface area contributed by atoms with Gasteiger partial charge in [-0.15, -0.1) is 5.10 Å². The van der Waals surface area contributed by atoms with Gasteiger partial charge >= 0.3 is 6.01 Å². The molecule has 0 aliphatic heterocycles. The fourth-order valence-electron chi connectivity index (χ4n) is 1.59. The number of hydrogen-bond donors (Lipinski definition) is 1. The van der Waals surface area contributed by atoms with Crippen LogP contribution in [-0.4, -0.2) is 18.6 Å². The van der Waals surface area contributed by atoms with Crippen molar-refractivity contribution in [3.63, 3.8) is 0 Å². The van der Waals surface area contributed by atoms with Crippen LogP contribution < -0.4 is 4.72 Å². The lowest BCUT2D eigenvalue weighted by Gasteiger charge is -2.04. The highest BCUT2D eigenvalue weighted by Crippen LogP contribution is 2.39. The van der Waals surface area contributed by atoms with Crippen molar-refractivity contribution in [1.82, 2.24) is 10.2 Å². The van der Waals surface area contributed by atoms with E-state index in [2.05, 4.69) is 30.8 Å². The van der Waals surface area contributed by atoms with Gasteiger partial charge < -0.3 is 4.42 Å². The van der Waals surface area contributed by atoms with Crippen molar-refractivity contribution in [1.29, 1.82) is 0 Å². The molecule has 1 aromatic heterocycles. The molecular weight excluding hydrogens is 353 g/mol. The maximum atomic E-state index is 13.4. The molecule has 1 aliphatic carbocycles. The quantitative estimate of drug-likeness (QED) is 0.904. The van der Waals surface area contributed by atoms with Gasteiger partial charge in [-0.25, -0.2) is 17.5 Å². The van der Waals surface area contributed by atoms with Crippen LogP contribution in [0.3, 0.4) is 0 Å². The summed E-state index contributed by atoms with van der Waals surface area (Å²) in [7, 11) is -3.95. The van der Waals surface area contributed by atoms with Gasteiger partial charge in [0.25, 0.3) is 10.0 Å². The van der Waals surface area contributed by atoms with E-state index in [0.29, 0.717) is 5.89 Å². The van der Waals surface area contributed by atoms with E-state index in [1.54, 1.807) is 0 Å². The van der Waals surface area contributed by atoms with Gasteiger partial charge in [-0.2, -0.15) is 0 Å².